The van der Waals surface area contributed by atoms with E-state index in [1.54, 1.807) is 4.90 Å². The quantitative estimate of drug-likeness (QED) is 0.151. The Morgan fingerprint density at radius 2 is 1.09 bits per heavy atom. The van der Waals surface area contributed by atoms with Gasteiger partial charge in [0.15, 0.2) is 11.5 Å². The molecule has 44 heavy (non-hydrogen) atoms. The summed E-state index contributed by atoms with van der Waals surface area (Å²) in [5, 5.41) is -0.0377. The molecule has 2 aromatic carbocycles. The van der Waals surface area contributed by atoms with Crippen LogP contribution in [0.15, 0.2) is 57.4 Å². The Balaban J connectivity index is 0.000000223. The summed E-state index contributed by atoms with van der Waals surface area (Å²) in [6.07, 6.45) is -13.0. The maximum Gasteiger partial charge on any atom is 0.416 e. The van der Waals surface area contributed by atoms with E-state index in [2.05, 4.69) is 9.97 Å². The van der Waals surface area contributed by atoms with Gasteiger partial charge in [-0.05, 0) is 81.0 Å². The largest absolute Gasteiger partial charge is 0.426 e. The fourth-order valence-corrected chi connectivity index (χ4v) is 5.60. The zero-order chi connectivity index (χ0) is 32.4. The first-order chi connectivity index (χ1) is 20.4. The summed E-state index contributed by atoms with van der Waals surface area (Å²) >= 11 is 9.37. The number of benzene rings is 2. The zero-order valence-corrected chi connectivity index (χ0v) is 26.9. The van der Waals surface area contributed by atoms with Crippen LogP contribution in [0.3, 0.4) is 0 Å². The van der Waals surface area contributed by atoms with Crippen LogP contribution >= 0.6 is 56.8 Å². The van der Waals surface area contributed by atoms with Crippen LogP contribution in [0.2, 0.25) is 5.35 Å². The molecule has 0 atom stereocenters. The average molecular weight is 879 g/mol. The first kappa shape index (κ1) is 34.6. The maximum atomic E-state index is 12.7. The van der Waals surface area contributed by atoms with E-state index in [0.29, 0.717) is 43.1 Å². The van der Waals surface area contributed by atoms with Gasteiger partial charge >= 0.3 is 18.5 Å². The van der Waals surface area contributed by atoms with Crippen LogP contribution in [0.25, 0.3) is 22.6 Å². The molecule has 0 unspecified atom stereocenters. The molecule has 6 nitrogen and oxygen atoms in total. The van der Waals surface area contributed by atoms with E-state index < -0.39 is 36.2 Å². The molecule has 1 aliphatic heterocycles. The lowest BCUT2D eigenvalue weighted by Crippen LogP contribution is -2.49. The van der Waals surface area contributed by atoms with E-state index in [1.807, 2.05) is 45.2 Å². The van der Waals surface area contributed by atoms with E-state index in [0.717, 1.165) is 24.3 Å². The molecule has 0 amide bonds. The summed E-state index contributed by atoms with van der Waals surface area (Å²) in [6, 6.07) is 9.40. The van der Waals surface area contributed by atoms with E-state index in [4.69, 9.17) is 20.4 Å². The molecule has 3 heterocycles. The number of nitrogens with zero attached hydrogens (tertiary/aromatic N) is 4. The molecule has 0 bridgehead atoms. The fraction of sp³-hybridized carbons (Fsp3) is 0.308. The molecule has 1 aliphatic rings. The van der Waals surface area contributed by atoms with E-state index >= 15 is 0 Å². The van der Waals surface area contributed by atoms with Crippen molar-refractivity contribution in [3.63, 3.8) is 0 Å². The Bertz CT molecular complexity index is 1550. The van der Waals surface area contributed by atoms with Gasteiger partial charge in [-0.1, -0.05) is 24.3 Å². The summed E-state index contributed by atoms with van der Waals surface area (Å²) in [6.45, 7) is 0.112. The number of oxazole rings is 2. The molecule has 0 spiro atoms. The number of rotatable bonds is 4. The molecule has 0 N–H and O–H groups in total. The van der Waals surface area contributed by atoms with Gasteiger partial charge in [0.2, 0.25) is 0 Å². The van der Waals surface area contributed by atoms with Crippen LogP contribution in [-0.2, 0) is 12.4 Å². The number of alkyl halides is 9. The zero-order valence-electron chi connectivity index (χ0n) is 21.8. The summed E-state index contributed by atoms with van der Waals surface area (Å²) in [5.41, 5.74) is -0.521. The molecular weight excluding hydrogens is 861 g/mol. The molecule has 0 aliphatic carbocycles. The van der Waals surface area contributed by atoms with Crippen LogP contribution < -0.4 is 4.90 Å². The molecule has 238 valence electrons. The lowest BCUT2D eigenvalue weighted by molar-refractivity contribution is -0.146. The maximum absolute atomic E-state index is 12.7. The lowest BCUT2D eigenvalue weighted by atomic mass is 10.1. The topological polar surface area (TPSA) is 58.5 Å². The third-order valence-electron chi connectivity index (χ3n) is 6.13. The highest BCUT2D eigenvalue weighted by atomic mass is 127. The number of piperazine rings is 1. The van der Waals surface area contributed by atoms with Gasteiger partial charge in [0, 0.05) is 37.3 Å². The molecule has 4 aromatic rings. The fourth-order valence-electron chi connectivity index (χ4n) is 4.03. The van der Waals surface area contributed by atoms with Gasteiger partial charge in [0.05, 0.1) is 17.7 Å². The van der Waals surface area contributed by atoms with Crippen LogP contribution in [0.1, 0.15) is 11.1 Å². The van der Waals surface area contributed by atoms with E-state index in [1.165, 1.54) is 29.2 Å². The van der Waals surface area contributed by atoms with Gasteiger partial charge in [-0.25, -0.2) is 0 Å². The van der Waals surface area contributed by atoms with Crippen molar-refractivity contribution in [3.05, 3.63) is 72.4 Å². The van der Waals surface area contributed by atoms with Crippen LogP contribution in [0, 0.1) is 7.40 Å². The van der Waals surface area contributed by atoms with Crippen LogP contribution in [-0.4, -0.2) is 53.8 Å². The molecule has 0 saturated carbocycles. The Morgan fingerprint density at radius 1 is 0.659 bits per heavy atom. The third-order valence-corrected chi connectivity index (χ3v) is 7.75. The Hall–Kier alpha value is -2.26. The highest BCUT2D eigenvalue weighted by Crippen LogP contribution is 2.35. The summed E-state index contributed by atoms with van der Waals surface area (Å²) in [4.78, 5) is 11.1. The Kier molecular flexibility index (Phi) is 10.7. The Morgan fingerprint density at radius 3 is 1.48 bits per heavy atom. The van der Waals surface area contributed by atoms with E-state index in [9.17, 15) is 39.5 Å². The number of hydrogen-bond acceptors (Lipinski definition) is 6. The predicted octanol–water partition coefficient (Wildman–Crippen LogP) is 9.27. The number of halogens is 12. The van der Waals surface area contributed by atoms with Gasteiger partial charge in [0.25, 0.3) is 11.4 Å². The normalized spacial score (nSPS) is 14.9. The average Bonchev–Trinajstić information content (AvgIpc) is 3.48. The van der Waals surface area contributed by atoms with Gasteiger partial charge in [-0.2, -0.15) is 49.5 Å². The first-order valence-electron chi connectivity index (χ1n) is 12.3. The van der Waals surface area contributed by atoms with Crippen LogP contribution in [0.4, 0.5) is 45.5 Å². The number of hydrogen-bond donors (Lipinski definition) is 0. The highest BCUT2D eigenvalue weighted by Gasteiger charge is 2.34. The molecule has 1 fully saturated rings. The van der Waals surface area contributed by atoms with Crippen molar-refractivity contribution in [3.8, 4) is 22.6 Å². The van der Waals surface area contributed by atoms with Gasteiger partial charge < -0.3 is 13.7 Å². The van der Waals surface area contributed by atoms with Crippen molar-refractivity contribution in [1.82, 2.24) is 14.9 Å². The molecule has 2 aromatic heterocycles. The lowest BCUT2D eigenvalue weighted by Gasteiger charge is -2.34. The first-order valence-corrected chi connectivity index (χ1v) is 14.8. The second-order valence-electron chi connectivity index (χ2n) is 9.23. The second-order valence-corrected chi connectivity index (χ2v) is 11.6. The second kappa shape index (κ2) is 13.6. The molecule has 1 saturated heterocycles. The third kappa shape index (κ3) is 9.15. The number of aromatic nitrogens is 2. The molecule has 5 rings (SSSR count). The van der Waals surface area contributed by atoms with Gasteiger partial charge in [-0.15, -0.1) is 0 Å². The van der Waals surface area contributed by atoms with Crippen molar-refractivity contribution in [2.75, 3.05) is 37.6 Å². The minimum absolute atomic E-state index is 0.0377. The minimum Gasteiger partial charge on any atom is -0.426 e. The van der Waals surface area contributed by atoms with Crippen LogP contribution in [0.5, 0.6) is 0 Å². The molecular formula is C26H18ClF9I2N4O2. The van der Waals surface area contributed by atoms with E-state index in [-0.39, 0.29) is 24.5 Å². The summed E-state index contributed by atoms with van der Waals surface area (Å²) in [5.74, 6) is 0.696. The summed E-state index contributed by atoms with van der Waals surface area (Å²) < 4.78 is 124. The van der Waals surface area contributed by atoms with Crippen molar-refractivity contribution >= 4 is 62.8 Å². The standard InChI is InChI=1S/C16H14F6IN3O.C10H4ClF3INO/c17-15(18,19)9-25-5-7-26(8-6-25)14-24-13(23)12(27-14)10-1-3-11(4-2-10)16(20,21)22;11-9-16-8(15)7(17-9)5-1-3-6(4-2-5)10(12,13)14/h1-4H,5-9H2;1-4H. The van der Waals surface area contributed by atoms with Gasteiger partial charge in [-0.3, -0.25) is 4.90 Å². The number of anilines is 1. The van der Waals surface area contributed by atoms with Crippen molar-refractivity contribution in [1.29, 1.82) is 0 Å². The molecule has 0 radical (unpaired) electrons. The smallest absolute Gasteiger partial charge is 0.416 e. The highest BCUT2D eigenvalue weighted by molar-refractivity contribution is 14.1. The Labute approximate surface area is 275 Å². The molecule has 18 heteroatoms. The minimum atomic E-state index is -4.42. The SMILES string of the molecule is FC(F)(F)CN1CCN(c2nc(I)c(-c3ccc(C(F)(F)F)cc3)o2)CC1.FC(F)(F)c1ccc(-c2oc(Cl)nc2I)cc1. The van der Waals surface area contributed by atoms with Crippen molar-refractivity contribution in [2.24, 2.45) is 0 Å². The monoisotopic (exact) mass is 878 g/mol. The summed E-state index contributed by atoms with van der Waals surface area (Å²) in [7, 11) is 0. The van der Waals surface area contributed by atoms with Crippen molar-refractivity contribution in [2.45, 2.75) is 18.5 Å². The van der Waals surface area contributed by atoms with Gasteiger partial charge in [0.1, 0.15) is 7.40 Å². The predicted molar refractivity (Wildman–Crippen MR) is 159 cm³/mol. The van der Waals surface area contributed by atoms with Crippen molar-refractivity contribution < 1.29 is 48.3 Å².